The van der Waals surface area contributed by atoms with E-state index >= 15 is 0 Å². The molecule has 0 amide bonds. The largest absolute Gasteiger partial charge is 0.300 e. The Bertz CT molecular complexity index is 334. The highest BCUT2D eigenvalue weighted by Crippen LogP contribution is 2.12. The first-order chi connectivity index (χ1) is 6.59. The molecule has 1 nitrogen and oxygen atoms in total. The zero-order valence-corrected chi connectivity index (χ0v) is 8.02. The molecular formula is C11H12F2O. The van der Waals surface area contributed by atoms with Crippen LogP contribution in [0, 0.1) is 11.6 Å². The standard InChI is InChI=1S/C11H12F2O/c1-8(14)3-2-4-9-5-6-10(12)7-11(9)13/h5-7H,2-4H2,1H3. The highest BCUT2D eigenvalue weighted by atomic mass is 19.1. The van der Waals surface area contributed by atoms with Crippen molar-refractivity contribution in [2.45, 2.75) is 26.2 Å². The summed E-state index contributed by atoms with van der Waals surface area (Å²) in [6, 6.07) is 3.51. The molecule has 0 N–H and O–H groups in total. The van der Waals surface area contributed by atoms with E-state index in [4.69, 9.17) is 0 Å². The molecule has 0 bridgehead atoms. The van der Waals surface area contributed by atoms with E-state index in [1.807, 2.05) is 0 Å². The summed E-state index contributed by atoms with van der Waals surface area (Å²) in [5.41, 5.74) is 0.465. The Kier molecular flexibility index (Phi) is 3.74. The molecule has 0 unspecified atom stereocenters. The molecule has 0 heterocycles. The first-order valence-corrected chi connectivity index (χ1v) is 4.53. The van der Waals surface area contributed by atoms with Gasteiger partial charge < -0.3 is 4.79 Å². The van der Waals surface area contributed by atoms with Gasteiger partial charge in [-0.2, -0.15) is 0 Å². The Balaban J connectivity index is 2.55. The topological polar surface area (TPSA) is 17.1 Å². The van der Waals surface area contributed by atoms with Crippen molar-refractivity contribution in [1.82, 2.24) is 0 Å². The van der Waals surface area contributed by atoms with Crippen molar-refractivity contribution in [3.63, 3.8) is 0 Å². The normalized spacial score (nSPS) is 10.2. The van der Waals surface area contributed by atoms with Gasteiger partial charge in [-0.25, -0.2) is 8.78 Å². The van der Waals surface area contributed by atoms with Crippen LogP contribution in [0.1, 0.15) is 25.3 Å². The van der Waals surface area contributed by atoms with Crippen molar-refractivity contribution in [2.24, 2.45) is 0 Å². The van der Waals surface area contributed by atoms with E-state index in [1.165, 1.54) is 19.1 Å². The lowest BCUT2D eigenvalue weighted by molar-refractivity contribution is -0.117. The van der Waals surface area contributed by atoms with Gasteiger partial charge in [0.05, 0.1) is 0 Å². The summed E-state index contributed by atoms with van der Waals surface area (Å²) in [5.74, 6) is -1.01. The molecule has 0 aliphatic carbocycles. The lowest BCUT2D eigenvalue weighted by Crippen LogP contribution is -1.95. The van der Waals surface area contributed by atoms with Crippen molar-refractivity contribution >= 4 is 5.78 Å². The molecule has 76 valence electrons. The minimum absolute atomic E-state index is 0.0903. The van der Waals surface area contributed by atoms with Crippen LogP contribution in [0.3, 0.4) is 0 Å². The molecule has 0 aliphatic heterocycles. The lowest BCUT2D eigenvalue weighted by atomic mass is 10.1. The number of hydrogen-bond acceptors (Lipinski definition) is 1. The Labute approximate surface area is 81.7 Å². The molecule has 1 rings (SSSR count). The van der Waals surface area contributed by atoms with Crippen LogP contribution < -0.4 is 0 Å². The Hall–Kier alpha value is -1.25. The van der Waals surface area contributed by atoms with Crippen molar-refractivity contribution in [3.05, 3.63) is 35.4 Å². The third-order valence-corrected chi connectivity index (χ3v) is 1.99. The first-order valence-electron chi connectivity index (χ1n) is 4.53. The molecule has 0 spiro atoms. The summed E-state index contributed by atoms with van der Waals surface area (Å²) >= 11 is 0. The number of halogens is 2. The quantitative estimate of drug-likeness (QED) is 0.727. The molecule has 3 heteroatoms. The molecule has 0 aliphatic rings. The summed E-state index contributed by atoms with van der Waals surface area (Å²) in [6.45, 7) is 1.50. The van der Waals surface area contributed by atoms with Crippen molar-refractivity contribution < 1.29 is 13.6 Å². The number of ketones is 1. The van der Waals surface area contributed by atoms with Gasteiger partial charge in [0.1, 0.15) is 17.4 Å². The average Bonchev–Trinajstić information content (AvgIpc) is 2.08. The third-order valence-electron chi connectivity index (χ3n) is 1.99. The number of Topliss-reactive ketones (excluding diaryl/α,β-unsaturated/α-hetero) is 1. The maximum absolute atomic E-state index is 13.0. The van der Waals surface area contributed by atoms with E-state index in [9.17, 15) is 13.6 Å². The van der Waals surface area contributed by atoms with Crippen LogP contribution >= 0.6 is 0 Å². The van der Waals surface area contributed by atoms with Gasteiger partial charge in [-0.3, -0.25) is 0 Å². The summed E-state index contributed by atoms with van der Waals surface area (Å²) < 4.78 is 25.6. The molecule has 1 aromatic rings. The third kappa shape index (κ3) is 3.24. The molecule has 14 heavy (non-hydrogen) atoms. The van der Waals surface area contributed by atoms with Crippen molar-refractivity contribution in [1.29, 1.82) is 0 Å². The summed E-state index contributed by atoms with van der Waals surface area (Å²) in [4.78, 5) is 10.6. The van der Waals surface area contributed by atoms with Gasteiger partial charge in [-0.1, -0.05) is 6.07 Å². The van der Waals surface area contributed by atoms with Gasteiger partial charge in [0, 0.05) is 12.5 Å². The maximum atomic E-state index is 13.0. The maximum Gasteiger partial charge on any atom is 0.129 e. The highest BCUT2D eigenvalue weighted by molar-refractivity contribution is 5.75. The monoisotopic (exact) mass is 198 g/mol. The Morgan fingerprint density at radius 1 is 1.36 bits per heavy atom. The van der Waals surface area contributed by atoms with Crippen LogP contribution in [0.4, 0.5) is 8.78 Å². The molecule has 0 atom stereocenters. The van der Waals surface area contributed by atoms with E-state index in [1.54, 1.807) is 0 Å². The molecule has 0 fully saturated rings. The second-order valence-corrected chi connectivity index (χ2v) is 3.29. The second-order valence-electron chi connectivity index (χ2n) is 3.29. The van der Waals surface area contributed by atoms with E-state index in [2.05, 4.69) is 0 Å². The van der Waals surface area contributed by atoms with Gasteiger partial charge >= 0.3 is 0 Å². The van der Waals surface area contributed by atoms with Gasteiger partial charge in [-0.05, 0) is 31.4 Å². The number of benzene rings is 1. The van der Waals surface area contributed by atoms with Crippen molar-refractivity contribution in [3.8, 4) is 0 Å². The van der Waals surface area contributed by atoms with E-state index in [0.29, 0.717) is 24.8 Å². The predicted octanol–water partition coefficient (Wildman–Crippen LogP) is 2.88. The SMILES string of the molecule is CC(=O)CCCc1ccc(F)cc1F. The highest BCUT2D eigenvalue weighted by Gasteiger charge is 2.03. The molecule has 0 radical (unpaired) electrons. The predicted molar refractivity (Wildman–Crippen MR) is 50.0 cm³/mol. The van der Waals surface area contributed by atoms with Crippen LogP contribution in [-0.4, -0.2) is 5.78 Å². The molecule has 1 aromatic carbocycles. The summed E-state index contributed by atoms with van der Waals surface area (Å²) in [7, 11) is 0. The zero-order chi connectivity index (χ0) is 10.6. The van der Waals surface area contributed by atoms with Crippen LogP contribution in [0.15, 0.2) is 18.2 Å². The fourth-order valence-electron chi connectivity index (χ4n) is 1.25. The van der Waals surface area contributed by atoms with Gasteiger partial charge in [-0.15, -0.1) is 0 Å². The molecule has 0 aromatic heterocycles. The van der Waals surface area contributed by atoms with Gasteiger partial charge in [0.15, 0.2) is 0 Å². The summed E-state index contributed by atoms with van der Waals surface area (Å²) in [5, 5.41) is 0. The molecular weight excluding hydrogens is 186 g/mol. The fraction of sp³-hybridized carbons (Fsp3) is 0.364. The number of rotatable bonds is 4. The lowest BCUT2D eigenvalue weighted by Gasteiger charge is -2.01. The number of carbonyl (C=O) groups excluding carboxylic acids is 1. The van der Waals surface area contributed by atoms with Crippen molar-refractivity contribution in [2.75, 3.05) is 0 Å². The number of hydrogen-bond donors (Lipinski definition) is 0. The van der Waals surface area contributed by atoms with Crippen LogP contribution in [-0.2, 0) is 11.2 Å². The number of carbonyl (C=O) groups is 1. The Morgan fingerprint density at radius 3 is 2.64 bits per heavy atom. The van der Waals surface area contributed by atoms with Gasteiger partial charge in [0.25, 0.3) is 0 Å². The second kappa shape index (κ2) is 4.84. The molecule has 0 saturated heterocycles. The first kappa shape index (κ1) is 10.8. The fourth-order valence-corrected chi connectivity index (χ4v) is 1.25. The zero-order valence-electron chi connectivity index (χ0n) is 8.02. The smallest absolute Gasteiger partial charge is 0.129 e. The van der Waals surface area contributed by atoms with E-state index < -0.39 is 11.6 Å². The van der Waals surface area contributed by atoms with Gasteiger partial charge in [0.2, 0.25) is 0 Å². The van der Waals surface area contributed by atoms with Crippen LogP contribution in [0.25, 0.3) is 0 Å². The van der Waals surface area contributed by atoms with E-state index in [-0.39, 0.29) is 5.78 Å². The summed E-state index contributed by atoms with van der Waals surface area (Å²) in [6.07, 6.45) is 1.53. The van der Waals surface area contributed by atoms with Crippen LogP contribution in [0.5, 0.6) is 0 Å². The van der Waals surface area contributed by atoms with E-state index in [0.717, 1.165) is 6.07 Å². The number of aryl methyl sites for hydroxylation is 1. The van der Waals surface area contributed by atoms with Crippen LogP contribution in [0.2, 0.25) is 0 Å². The Morgan fingerprint density at radius 2 is 2.07 bits per heavy atom. The minimum Gasteiger partial charge on any atom is -0.300 e. The minimum atomic E-state index is -0.571. The molecule has 0 saturated carbocycles. The average molecular weight is 198 g/mol.